The summed E-state index contributed by atoms with van der Waals surface area (Å²) >= 11 is 5.93. The van der Waals surface area contributed by atoms with E-state index >= 15 is 0 Å². The van der Waals surface area contributed by atoms with E-state index in [1.54, 1.807) is 6.26 Å². The van der Waals surface area contributed by atoms with E-state index in [9.17, 15) is 0 Å². The predicted octanol–water partition coefficient (Wildman–Crippen LogP) is 4.66. The second kappa shape index (κ2) is 5.40. The van der Waals surface area contributed by atoms with Gasteiger partial charge in [-0.05, 0) is 43.5 Å². The van der Waals surface area contributed by atoms with Crippen molar-refractivity contribution in [2.75, 3.05) is 0 Å². The maximum atomic E-state index is 5.93. The fraction of sp³-hybridized carbons (Fsp3) is 0.375. The van der Waals surface area contributed by atoms with Gasteiger partial charge >= 0.3 is 0 Å². The average molecular weight is 276 g/mol. The van der Waals surface area contributed by atoms with Crippen LogP contribution in [0.1, 0.15) is 48.7 Å². The van der Waals surface area contributed by atoms with Crippen molar-refractivity contribution in [1.29, 1.82) is 0 Å². The van der Waals surface area contributed by atoms with Gasteiger partial charge in [-0.2, -0.15) is 0 Å². The largest absolute Gasteiger partial charge is 0.469 e. The molecule has 0 fully saturated rings. The number of furan rings is 1. The molecule has 1 aromatic heterocycles. The third-order valence-electron chi connectivity index (χ3n) is 3.87. The van der Waals surface area contributed by atoms with E-state index in [4.69, 9.17) is 16.0 Å². The number of hydrogen-bond acceptors (Lipinski definition) is 2. The van der Waals surface area contributed by atoms with Gasteiger partial charge in [-0.3, -0.25) is 0 Å². The standard InChI is InChI=1S/C16H18ClNO/c1-11(12-5-7-13(17)8-6-12)18-15-3-2-4-16-14(15)9-10-19-16/h5-11,15,18H,2-4H2,1H3/t11-,15?/m1/s1. The first kappa shape index (κ1) is 12.8. The molecule has 1 unspecified atom stereocenters. The molecule has 0 amide bonds. The molecule has 2 nitrogen and oxygen atoms in total. The summed E-state index contributed by atoms with van der Waals surface area (Å²) in [7, 11) is 0. The van der Waals surface area contributed by atoms with Gasteiger partial charge in [0.25, 0.3) is 0 Å². The summed E-state index contributed by atoms with van der Waals surface area (Å²) in [6.45, 7) is 2.19. The molecule has 1 aromatic carbocycles. The minimum atomic E-state index is 0.308. The predicted molar refractivity (Wildman–Crippen MR) is 77.4 cm³/mol. The molecule has 2 aromatic rings. The van der Waals surface area contributed by atoms with Crippen molar-refractivity contribution < 1.29 is 4.42 Å². The monoisotopic (exact) mass is 275 g/mol. The van der Waals surface area contributed by atoms with Crippen molar-refractivity contribution in [3.05, 3.63) is 58.5 Å². The fourth-order valence-electron chi connectivity index (χ4n) is 2.81. The highest BCUT2D eigenvalue weighted by Crippen LogP contribution is 2.32. The molecule has 1 aliphatic carbocycles. The number of halogens is 1. The van der Waals surface area contributed by atoms with E-state index in [1.165, 1.54) is 24.0 Å². The molecule has 0 radical (unpaired) electrons. The molecule has 0 aliphatic heterocycles. The zero-order valence-electron chi connectivity index (χ0n) is 11.0. The van der Waals surface area contributed by atoms with Gasteiger partial charge in [0, 0.05) is 29.1 Å². The second-order valence-electron chi connectivity index (χ2n) is 5.18. The van der Waals surface area contributed by atoms with Crippen molar-refractivity contribution in [2.45, 2.75) is 38.3 Å². The van der Waals surface area contributed by atoms with Crippen LogP contribution in [-0.4, -0.2) is 0 Å². The van der Waals surface area contributed by atoms with Crippen molar-refractivity contribution >= 4 is 11.6 Å². The van der Waals surface area contributed by atoms with Crippen molar-refractivity contribution in [1.82, 2.24) is 5.32 Å². The molecule has 3 rings (SSSR count). The van der Waals surface area contributed by atoms with Crippen LogP contribution in [0.15, 0.2) is 41.0 Å². The highest BCUT2D eigenvalue weighted by molar-refractivity contribution is 6.30. The van der Waals surface area contributed by atoms with Gasteiger partial charge in [-0.15, -0.1) is 0 Å². The Bertz CT molecular complexity index is 546. The fourth-order valence-corrected chi connectivity index (χ4v) is 2.93. The Labute approximate surface area is 118 Å². The van der Waals surface area contributed by atoms with Gasteiger partial charge < -0.3 is 9.73 Å². The maximum absolute atomic E-state index is 5.93. The topological polar surface area (TPSA) is 25.2 Å². The molecule has 100 valence electrons. The molecule has 0 spiro atoms. The number of hydrogen-bond donors (Lipinski definition) is 1. The van der Waals surface area contributed by atoms with Gasteiger partial charge in [0.1, 0.15) is 5.76 Å². The molecule has 1 heterocycles. The van der Waals surface area contributed by atoms with E-state index < -0.39 is 0 Å². The number of benzene rings is 1. The Morgan fingerprint density at radius 3 is 2.84 bits per heavy atom. The Kier molecular flexibility index (Phi) is 3.63. The third-order valence-corrected chi connectivity index (χ3v) is 4.13. The normalized spacial score (nSPS) is 20.0. The lowest BCUT2D eigenvalue weighted by Crippen LogP contribution is -2.27. The van der Waals surface area contributed by atoms with Crippen LogP contribution in [0, 0.1) is 0 Å². The molecule has 1 aliphatic rings. The Hall–Kier alpha value is -1.25. The van der Waals surface area contributed by atoms with Crippen molar-refractivity contribution in [2.24, 2.45) is 0 Å². The molecule has 3 heteroatoms. The van der Waals surface area contributed by atoms with E-state index in [0.29, 0.717) is 12.1 Å². The molecule has 1 N–H and O–H groups in total. The first-order valence-corrected chi connectivity index (χ1v) is 7.19. The number of nitrogens with one attached hydrogen (secondary N) is 1. The highest BCUT2D eigenvalue weighted by Gasteiger charge is 2.23. The lowest BCUT2D eigenvalue weighted by atomic mass is 9.92. The Balaban J connectivity index is 1.74. The van der Waals surface area contributed by atoms with Crippen molar-refractivity contribution in [3.63, 3.8) is 0 Å². The summed E-state index contributed by atoms with van der Waals surface area (Å²) in [6, 6.07) is 10.9. The highest BCUT2D eigenvalue weighted by atomic mass is 35.5. The molecule has 19 heavy (non-hydrogen) atoms. The zero-order chi connectivity index (χ0) is 13.2. The first-order chi connectivity index (χ1) is 9.24. The van der Waals surface area contributed by atoms with Crippen LogP contribution >= 0.6 is 11.6 Å². The van der Waals surface area contributed by atoms with Crippen LogP contribution in [0.2, 0.25) is 5.02 Å². The minimum Gasteiger partial charge on any atom is -0.469 e. The molecule has 0 saturated carbocycles. The van der Waals surface area contributed by atoms with Gasteiger partial charge in [0.2, 0.25) is 0 Å². The lowest BCUT2D eigenvalue weighted by molar-refractivity contribution is 0.386. The van der Waals surface area contributed by atoms with E-state index in [2.05, 4.69) is 30.4 Å². The van der Waals surface area contributed by atoms with Crippen LogP contribution in [0.5, 0.6) is 0 Å². The molecule has 0 saturated heterocycles. The third kappa shape index (κ3) is 2.70. The minimum absolute atomic E-state index is 0.308. The van der Waals surface area contributed by atoms with E-state index in [0.717, 1.165) is 17.2 Å². The van der Waals surface area contributed by atoms with Crippen LogP contribution in [0.25, 0.3) is 0 Å². The maximum Gasteiger partial charge on any atom is 0.108 e. The van der Waals surface area contributed by atoms with Crippen molar-refractivity contribution in [3.8, 4) is 0 Å². The molecular weight excluding hydrogens is 258 g/mol. The summed E-state index contributed by atoms with van der Waals surface area (Å²) < 4.78 is 5.53. The summed E-state index contributed by atoms with van der Waals surface area (Å²) in [6.07, 6.45) is 5.23. The average Bonchev–Trinajstić information content (AvgIpc) is 2.89. The quantitative estimate of drug-likeness (QED) is 0.881. The van der Waals surface area contributed by atoms with Crippen LogP contribution in [0.4, 0.5) is 0 Å². The molecule has 0 bridgehead atoms. The van der Waals surface area contributed by atoms with Gasteiger partial charge in [-0.1, -0.05) is 23.7 Å². The lowest BCUT2D eigenvalue weighted by Gasteiger charge is -2.26. The number of fused-ring (bicyclic) bond motifs is 1. The summed E-state index contributed by atoms with van der Waals surface area (Å²) in [5.74, 6) is 1.15. The van der Waals surface area contributed by atoms with Crippen LogP contribution < -0.4 is 5.32 Å². The summed E-state index contributed by atoms with van der Waals surface area (Å²) in [5, 5.41) is 4.48. The summed E-state index contributed by atoms with van der Waals surface area (Å²) in [4.78, 5) is 0. The molecule has 2 atom stereocenters. The smallest absolute Gasteiger partial charge is 0.108 e. The summed E-state index contributed by atoms with van der Waals surface area (Å²) in [5.41, 5.74) is 2.59. The van der Waals surface area contributed by atoms with Crippen LogP contribution in [-0.2, 0) is 6.42 Å². The first-order valence-electron chi connectivity index (χ1n) is 6.82. The van der Waals surface area contributed by atoms with Crippen LogP contribution in [0.3, 0.4) is 0 Å². The van der Waals surface area contributed by atoms with Gasteiger partial charge in [-0.25, -0.2) is 0 Å². The second-order valence-corrected chi connectivity index (χ2v) is 5.62. The Morgan fingerprint density at radius 2 is 2.05 bits per heavy atom. The molecular formula is C16H18ClNO. The van der Waals surface area contributed by atoms with E-state index in [1.807, 2.05) is 12.1 Å². The van der Waals surface area contributed by atoms with E-state index in [-0.39, 0.29) is 0 Å². The number of aryl methyl sites for hydroxylation is 1. The zero-order valence-corrected chi connectivity index (χ0v) is 11.8. The SMILES string of the molecule is C[C@@H](NC1CCCc2occc21)c1ccc(Cl)cc1. The Morgan fingerprint density at radius 1 is 1.26 bits per heavy atom. The number of rotatable bonds is 3. The van der Waals surface area contributed by atoms with Gasteiger partial charge in [0.15, 0.2) is 0 Å². The van der Waals surface area contributed by atoms with Gasteiger partial charge in [0.05, 0.1) is 6.26 Å².